The van der Waals surface area contributed by atoms with Gasteiger partial charge in [-0.3, -0.25) is 14.6 Å². The van der Waals surface area contributed by atoms with E-state index < -0.39 is 0 Å². The van der Waals surface area contributed by atoms with E-state index in [-0.39, 0.29) is 10.8 Å². The number of benzene rings is 1. The van der Waals surface area contributed by atoms with Crippen molar-refractivity contribution in [3.05, 3.63) is 36.0 Å². The molecule has 0 aliphatic carbocycles. The molecule has 114 valence electrons. The Labute approximate surface area is 130 Å². The van der Waals surface area contributed by atoms with Crippen LogP contribution in [0.2, 0.25) is 0 Å². The molecule has 0 amide bonds. The SMILES string of the molecule is CC12C[NH+]3CC(C)(C[NH+](C1)C3c1c[nH]c3ccccc13)C2=O. The first-order valence-electron chi connectivity index (χ1n) is 8.30. The summed E-state index contributed by atoms with van der Waals surface area (Å²) in [6.07, 6.45) is 2.68. The summed E-state index contributed by atoms with van der Waals surface area (Å²) < 4.78 is 0. The zero-order chi connectivity index (χ0) is 15.1. The molecule has 0 saturated carbocycles. The van der Waals surface area contributed by atoms with Gasteiger partial charge in [0.05, 0.1) is 31.7 Å². The van der Waals surface area contributed by atoms with E-state index in [1.807, 2.05) is 0 Å². The number of H-pyrrole nitrogens is 1. The molecule has 3 N–H and O–H groups in total. The van der Waals surface area contributed by atoms with Crippen molar-refractivity contribution in [1.82, 2.24) is 4.98 Å². The molecule has 1 aromatic heterocycles. The Morgan fingerprint density at radius 2 is 1.64 bits per heavy atom. The van der Waals surface area contributed by atoms with Crippen molar-refractivity contribution >= 4 is 16.7 Å². The molecule has 4 aliphatic heterocycles. The quantitative estimate of drug-likeness (QED) is 0.656. The molecule has 0 spiro atoms. The fourth-order valence-corrected chi connectivity index (χ4v) is 5.77. The Hall–Kier alpha value is -1.65. The maximum absolute atomic E-state index is 12.8. The van der Waals surface area contributed by atoms with Gasteiger partial charge in [0.25, 0.3) is 0 Å². The molecular formula is C18H23N3O+2. The van der Waals surface area contributed by atoms with Gasteiger partial charge in [-0.2, -0.15) is 0 Å². The molecule has 4 heteroatoms. The van der Waals surface area contributed by atoms with Crippen molar-refractivity contribution in [2.45, 2.75) is 20.0 Å². The Bertz CT molecular complexity index is 752. The molecule has 0 atom stereocenters. The van der Waals surface area contributed by atoms with Gasteiger partial charge < -0.3 is 4.98 Å². The van der Waals surface area contributed by atoms with Crippen molar-refractivity contribution < 1.29 is 14.6 Å². The summed E-state index contributed by atoms with van der Waals surface area (Å²) in [5, 5.41) is 1.35. The maximum atomic E-state index is 12.8. The minimum Gasteiger partial charge on any atom is -0.360 e. The molecule has 2 aromatic rings. The number of hydrogen-bond donors (Lipinski definition) is 3. The first kappa shape index (κ1) is 12.9. The predicted octanol–water partition coefficient (Wildman–Crippen LogP) is -0.441. The van der Waals surface area contributed by atoms with Crippen molar-refractivity contribution in [2.24, 2.45) is 10.8 Å². The van der Waals surface area contributed by atoms with Crippen molar-refractivity contribution in [1.29, 1.82) is 0 Å². The number of Topliss-reactive ketones (excluding diaryl/α,β-unsaturated/α-hetero) is 1. The number of piperidine rings is 2. The monoisotopic (exact) mass is 297 g/mol. The number of nitrogens with one attached hydrogen (secondary N) is 3. The van der Waals surface area contributed by atoms with Crippen LogP contribution in [-0.2, 0) is 4.79 Å². The molecule has 6 rings (SSSR count). The molecule has 4 nitrogen and oxygen atoms in total. The van der Waals surface area contributed by atoms with Gasteiger partial charge in [0.2, 0.25) is 6.17 Å². The second kappa shape index (κ2) is 3.81. The Kier molecular flexibility index (Phi) is 2.23. The van der Waals surface area contributed by atoms with E-state index in [1.54, 1.807) is 9.80 Å². The standard InChI is InChI=1S/C18H21N3O/c1-17-8-20-10-18(2,16(17)22)11-21(9-17)15(20)13-7-19-14-6-4-3-5-12(13)14/h3-7,15,19H,8-11H2,1-2H3/p+2. The van der Waals surface area contributed by atoms with E-state index in [1.165, 1.54) is 16.5 Å². The Morgan fingerprint density at radius 1 is 1.05 bits per heavy atom. The van der Waals surface area contributed by atoms with Gasteiger partial charge >= 0.3 is 0 Å². The summed E-state index contributed by atoms with van der Waals surface area (Å²) in [6, 6.07) is 8.58. The number of carbonyl (C=O) groups excluding carboxylic acids is 1. The van der Waals surface area contributed by atoms with Crippen LogP contribution in [0.1, 0.15) is 25.6 Å². The number of ketones is 1. The van der Waals surface area contributed by atoms with Crippen LogP contribution in [0.15, 0.2) is 30.5 Å². The van der Waals surface area contributed by atoms with Crippen LogP contribution in [0, 0.1) is 10.8 Å². The smallest absolute Gasteiger partial charge is 0.242 e. The van der Waals surface area contributed by atoms with Crippen LogP contribution in [-0.4, -0.2) is 36.9 Å². The number of carbonyl (C=O) groups is 1. The lowest BCUT2D eigenvalue weighted by Gasteiger charge is -2.58. The summed E-state index contributed by atoms with van der Waals surface area (Å²) in [4.78, 5) is 19.4. The van der Waals surface area contributed by atoms with Crippen molar-refractivity contribution in [3.63, 3.8) is 0 Å². The lowest BCUT2D eigenvalue weighted by molar-refractivity contribution is -1.18. The minimum absolute atomic E-state index is 0.113. The van der Waals surface area contributed by atoms with Gasteiger partial charge in [0.1, 0.15) is 10.8 Å². The average molecular weight is 297 g/mol. The third-order valence-electron chi connectivity index (χ3n) is 6.31. The average Bonchev–Trinajstić information content (AvgIpc) is 2.87. The normalized spacial score (nSPS) is 43.2. The van der Waals surface area contributed by atoms with Crippen molar-refractivity contribution in [3.8, 4) is 0 Å². The number of fused-ring (bicyclic) bond motifs is 1. The second-order valence-electron chi connectivity index (χ2n) is 8.20. The highest BCUT2D eigenvalue weighted by molar-refractivity contribution is 5.91. The lowest BCUT2D eigenvalue weighted by Crippen LogP contribution is -3.41. The molecule has 4 saturated heterocycles. The number of rotatable bonds is 1. The van der Waals surface area contributed by atoms with Gasteiger partial charge in [0.15, 0.2) is 5.78 Å². The van der Waals surface area contributed by atoms with Gasteiger partial charge in [-0.1, -0.05) is 18.2 Å². The van der Waals surface area contributed by atoms with Crippen LogP contribution in [0.3, 0.4) is 0 Å². The summed E-state index contributed by atoms with van der Waals surface area (Å²) in [7, 11) is 0. The third kappa shape index (κ3) is 1.42. The maximum Gasteiger partial charge on any atom is 0.242 e. The molecule has 1 aromatic carbocycles. The Morgan fingerprint density at radius 3 is 2.27 bits per heavy atom. The minimum atomic E-state index is -0.113. The molecular weight excluding hydrogens is 274 g/mol. The van der Waals surface area contributed by atoms with E-state index in [0.717, 1.165) is 26.2 Å². The molecule has 0 unspecified atom stereocenters. The second-order valence-corrected chi connectivity index (χ2v) is 8.20. The van der Waals surface area contributed by atoms with Crippen LogP contribution in [0.5, 0.6) is 0 Å². The van der Waals surface area contributed by atoms with Gasteiger partial charge in [0, 0.05) is 17.1 Å². The zero-order valence-corrected chi connectivity index (χ0v) is 13.2. The van der Waals surface area contributed by atoms with E-state index in [4.69, 9.17) is 0 Å². The summed E-state index contributed by atoms with van der Waals surface area (Å²) in [5.41, 5.74) is 2.43. The van der Waals surface area contributed by atoms with Gasteiger partial charge in [-0.25, -0.2) is 0 Å². The van der Waals surface area contributed by atoms with E-state index in [0.29, 0.717) is 11.9 Å². The molecule has 4 bridgehead atoms. The van der Waals surface area contributed by atoms with Crippen LogP contribution in [0.4, 0.5) is 0 Å². The van der Waals surface area contributed by atoms with Crippen LogP contribution >= 0.6 is 0 Å². The third-order valence-corrected chi connectivity index (χ3v) is 6.31. The number of aromatic nitrogens is 1. The highest BCUT2D eigenvalue weighted by atomic mass is 16.1. The molecule has 4 fully saturated rings. The first-order valence-corrected chi connectivity index (χ1v) is 8.30. The van der Waals surface area contributed by atoms with E-state index >= 15 is 0 Å². The molecule has 22 heavy (non-hydrogen) atoms. The highest BCUT2D eigenvalue weighted by Crippen LogP contribution is 2.36. The molecule has 5 heterocycles. The number of quaternary nitrogens is 2. The fraction of sp³-hybridized carbons (Fsp3) is 0.500. The number of para-hydroxylation sites is 1. The largest absolute Gasteiger partial charge is 0.360 e. The summed E-state index contributed by atoms with van der Waals surface area (Å²) in [5.74, 6) is 0.518. The number of hydrogen-bond acceptors (Lipinski definition) is 1. The molecule has 4 aliphatic rings. The van der Waals surface area contributed by atoms with Crippen molar-refractivity contribution in [2.75, 3.05) is 26.2 Å². The Balaban J connectivity index is 1.63. The van der Waals surface area contributed by atoms with Crippen LogP contribution in [0.25, 0.3) is 10.9 Å². The summed E-state index contributed by atoms with van der Waals surface area (Å²) >= 11 is 0. The highest BCUT2D eigenvalue weighted by Gasteiger charge is 2.68. The zero-order valence-electron chi connectivity index (χ0n) is 13.2. The summed E-state index contributed by atoms with van der Waals surface area (Å²) in [6.45, 7) is 8.36. The topological polar surface area (TPSA) is 41.7 Å². The lowest BCUT2D eigenvalue weighted by atomic mass is 9.62. The predicted molar refractivity (Wildman–Crippen MR) is 83.7 cm³/mol. The first-order chi connectivity index (χ1) is 10.5. The van der Waals surface area contributed by atoms with Gasteiger partial charge in [-0.15, -0.1) is 0 Å². The van der Waals surface area contributed by atoms with Crippen LogP contribution < -0.4 is 9.80 Å². The molecule has 0 radical (unpaired) electrons. The number of aromatic amines is 1. The van der Waals surface area contributed by atoms with E-state index in [9.17, 15) is 4.79 Å². The van der Waals surface area contributed by atoms with Gasteiger partial charge in [-0.05, 0) is 19.9 Å². The fourth-order valence-electron chi connectivity index (χ4n) is 5.77. The van der Waals surface area contributed by atoms with E-state index in [2.05, 4.69) is 49.3 Å².